The molecule has 0 bridgehead atoms. The van der Waals surface area contributed by atoms with Gasteiger partial charge in [0.25, 0.3) is 0 Å². The first-order chi connectivity index (χ1) is 18.3. The molecule has 1 atom stereocenters. The van der Waals surface area contributed by atoms with Gasteiger partial charge in [-0.1, -0.05) is 27.7 Å². The van der Waals surface area contributed by atoms with Gasteiger partial charge in [0, 0.05) is 18.5 Å². The first-order valence-electron chi connectivity index (χ1n) is 12.1. The van der Waals surface area contributed by atoms with Gasteiger partial charge >= 0.3 is 12.6 Å². The Labute approximate surface area is 227 Å². The summed E-state index contributed by atoms with van der Waals surface area (Å²) in [5, 5.41) is 19.0. The molecule has 1 aromatic carbocycles. The van der Waals surface area contributed by atoms with Crippen LogP contribution in [0.5, 0.6) is 11.6 Å². The maximum atomic E-state index is 15.1. The zero-order valence-electron chi connectivity index (χ0n) is 22.6. The molecule has 0 saturated carbocycles. The van der Waals surface area contributed by atoms with Crippen molar-refractivity contribution in [2.75, 3.05) is 6.61 Å². The molecule has 9 nitrogen and oxygen atoms in total. The lowest BCUT2D eigenvalue weighted by molar-refractivity contribution is -0.136. The Hall–Kier alpha value is -3.45. The average molecular weight is 571 g/mol. The highest BCUT2D eigenvalue weighted by Gasteiger charge is 2.26. The van der Waals surface area contributed by atoms with E-state index < -0.39 is 53.0 Å². The maximum absolute atomic E-state index is 15.1. The van der Waals surface area contributed by atoms with Crippen molar-refractivity contribution in [2.24, 2.45) is 5.14 Å². The number of carboxylic acid groups (broad SMARTS) is 1. The SMILES string of the molecule is CC.CC(C)c1c(F)c(OC(F)F)cc(-c2ccnc(OCC(C)(C)n3cc(S(N)=O)cn3)c2)c1CC(=O)O. The topological polar surface area (TPSA) is 130 Å². The van der Waals surface area contributed by atoms with Crippen LogP contribution in [0.3, 0.4) is 0 Å². The summed E-state index contributed by atoms with van der Waals surface area (Å²) in [5.74, 6) is -3.30. The van der Waals surface area contributed by atoms with Crippen LogP contribution in [0.25, 0.3) is 11.1 Å². The van der Waals surface area contributed by atoms with E-state index in [-0.39, 0.29) is 29.2 Å². The third kappa shape index (κ3) is 8.02. The standard InChI is InChI=1S/C24H27F3N4O5S.C2H6/c1-13(2)21-17(9-20(32)33)16(8-18(22(21)25)36-23(26)27)14-5-6-29-19(7-14)35-12-24(3,4)31-11-15(10-30-31)37(28)34;1-2/h5-8,10-11,13,23H,9,12,28H2,1-4H3,(H,32,33);1-2H3. The van der Waals surface area contributed by atoms with E-state index in [9.17, 15) is 22.9 Å². The van der Waals surface area contributed by atoms with E-state index in [1.54, 1.807) is 18.5 Å². The number of benzene rings is 1. The zero-order valence-corrected chi connectivity index (χ0v) is 23.4. The Balaban J connectivity index is 0.00000260. The Bertz CT molecular complexity index is 1310. The van der Waals surface area contributed by atoms with Crippen LogP contribution in [0.2, 0.25) is 0 Å². The van der Waals surface area contributed by atoms with Crippen LogP contribution in [-0.4, -0.2) is 43.3 Å². The van der Waals surface area contributed by atoms with Crippen LogP contribution in [0.15, 0.2) is 41.7 Å². The van der Waals surface area contributed by atoms with E-state index >= 15 is 4.39 Å². The highest BCUT2D eigenvalue weighted by Crippen LogP contribution is 2.39. The Morgan fingerprint density at radius 1 is 1.26 bits per heavy atom. The lowest BCUT2D eigenvalue weighted by atomic mass is 9.87. The summed E-state index contributed by atoms with van der Waals surface area (Å²) in [6.45, 7) is 7.70. The number of alkyl halides is 2. The average Bonchev–Trinajstić information content (AvgIpc) is 3.37. The summed E-state index contributed by atoms with van der Waals surface area (Å²) in [6.07, 6.45) is 3.79. The van der Waals surface area contributed by atoms with Crippen LogP contribution in [0.4, 0.5) is 13.2 Å². The molecule has 0 spiro atoms. The number of nitrogens with zero attached hydrogens (tertiary/aromatic N) is 3. The molecule has 3 aromatic rings. The molecule has 0 aliphatic rings. The molecule has 2 aromatic heterocycles. The molecule has 39 heavy (non-hydrogen) atoms. The zero-order chi connectivity index (χ0) is 29.5. The highest BCUT2D eigenvalue weighted by molar-refractivity contribution is 7.82. The fourth-order valence-electron chi connectivity index (χ4n) is 3.79. The summed E-state index contributed by atoms with van der Waals surface area (Å²) in [6, 6.07) is 4.09. The molecule has 214 valence electrons. The van der Waals surface area contributed by atoms with Gasteiger partial charge in [-0.05, 0) is 54.2 Å². The fourth-order valence-corrected chi connectivity index (χ4v) is 4.14. The third-order valence-electron chi connectivity index (χ3n) is 5.53. The minimum absolute atomic E-state index is 0.0252. The molecule has 0 fully saturated rings. The van der Waals surface area contributed by atoms with Crippen molar-refractivity contribution in [3.8, 4) is 22.8 Å². The van der Waals surface area contributed by atoms with Gasteiger partial charge in [0.1, 0.15) is 17.6 Å². The van der Waals surface area contributed by atoms with E-state index in [0.717, 1.165) is 6.07 Å². The number of hydrogen-bond acceptors (Lipinski definition) is 6. The van der Waals surface area contributed by atoms with Gasteiger partial charge in [-0.3, -0.25) is 9.48 Å². The summed E-state index contributed by atoms with van der Waals surface area (Å²) in [5.41, 5.74) is -0.0135. The summed E-state index contributed by atoms with van der Waals surface area (Å²) in [7, 11) is -1.69. The van der Waals surface area contributed by atoms with Crippen molar-refractivity contribution in [1.29, 1.82) is 0 Å². The van der Waals surface area contributed by atoms with Gasteiger partial charge in [0.15, 0.2) is 11.6 Å². The van der Waals surface area contributed by atoms with E-state index in [1.807, 2.05) is 27.7 Å². The maximum Gasteiger partial charge on any atom is 0.387 e. The van der Waals surface area contributed by atoms with Gasteiger partial charge in [0.2, 0.25) is 5.88 Å². The molecule has 13 heteroatoms. The Morgan fingerprint density at radius 2 is 1.92 bits per heavy atom. The van der Waals surface area contributed by atoms with Crippen LogP contribution in [0, 0.1) is 5.82 Å². The minimum Gasteiger partial charge on any atom is -0.481 e. The van der Waals surface area contributed by atoms with Crippen molar-refractivity contribution in [3.63, 3.8) is 0 Å². The molecule has 3 N–H and O–H groups in total. The van der Waals surface area contributed by atoms with Crippen LogP contribution >= 0.6 is 0 Å². The fraction of sp³-hybridized carbons (Fsp3) is 0.423. The normalized spacial score (nSPS) is 12.2. The van der Waals surface area contributed by atoms with Gasteiger partial charge < -0.3 is 14.6 Å². The molecule has 0 saturated heterocycles. The molecule has 0 aliphatic carbocycles. The molecule has 1 unspecified atom stereocenters. The highest BCUT2D eigenvalue weighted by atomic mass is 32.2. The molecule has 2 heterocycles. The van der Waals surface area contributed by atoms with Gasteiger partial charge in [0.05, 0.1) is 23.1 Å². The number of aromatic nitrogens is 3. The minimum atomic E-state index is -3.27. The largest absolute Gasteiger partial charge is 0.481 e. The van der Waals surface area contributed by atoms with Gasteiger partial charge in [-0.25, -0.2) is 18.7 Å². The summed E-state index contributed by atoms with van der Waals surface area (Å²) in [4.78, 5) is 16.1. The number of ether oxygens (including phenoxy) is 2. The number of halogens is 3. The van der Waals surface area contributed by atoms with Crippen LogP contribution < -0.4 is 14.6 Å². The number of nitrogens with two attached hydrogens (primary N) is 1. The second-order valence-corrected chi connectivity index (χ2v) is 10.2. The molecule has 0 radical (unpaired) electrons. The molecule has 0 aliphatic heterocycles. The van der Waals surface area contributed by atoms with Gasteiger partial charge in [-0.2, -0.15) is 13.9 Å². The van der Waals surface area contributed by atoms with Crippen LogP contribution in [-0.2, 0) is 27.7 Å². The van der Waals surface area contributed by atoms with Crippen LogP contribution in [0.1, 0.15) is 58.6 Å². The Kier molecular flexibility index (Phi) is 11.0. The Morgan fingerprint density at radius 3 is 2.46 bits per heavy atom. The number of aliphatic carboxylic acids is 1. The van der Waals surface area contributed by atoms with Crippen molar-refractivity contribution in [2.45, 2.75) is 70.9 Å². The number of pyridine rings is 1. The van der Waals surface area contributed by atoms with Crippen molar-refractivity contribution < 1.29 is 36.8 Å². The second-order valence-electron chi connectivity index (χ2n) is 9.13. The summed E-state index contributed by atoms with van der Waals surface area (Å²) < 4.78 is 64.4. The first kappa shape index (κ1) is 31.8. The third-order valence-corrected chi connectivity index (χ3v) is 6.21. The van der Waals surface area contributed by atoms with E-state index in [4.69, 9.17) is 9.88 Å². The second kappa shape index (κ2) is 13.6. The first-order valence-corrected chi connectivity index (χ1v) is 13.3. The molecular weight excluding hydrogens is 537 g/mol. The van der Waals surface area contributed by atoms with Crippen molar-refractivity contribution in [3.05, 3.63) is 53.7 Å². The monoisotopic (exact) mass is 570 g/mol. The number of carboxylic acids is 1. The smallest absolute Gasteiger partial charge is 0.387 e. The summed E-state index contributed by atoms with van der Waals surface area (Å²) >= 11 is 0. The predicted molar refractivity (Wildman–Crippen MR) is 141 cm³/mol. The molecular formula is C26H33F3N4O5S. The van der Waals surface area contributed by atoms with E-state index in [1.165, 1.54) is 30.7 Å². The van der Waals surface area contributed by atoms with Gasteiger partial charge in [-0.15, -0.1) is 0 Å². The van der Waals surface area contributed by atoms with E-state index in [0.29, 0.717) is 10.5 Å². The van der Waals surface area contributed by atoms with Crippen molar-refractivity contribution in [1.82, 2.24) is 14.8 Å². The quantitative estimate of drug-likeness (QED) is 0.322. The number of hydrogen-bond donors (Lipinski definition) is 2. The molecule has 0 amide bonds. The lowest BCUT2D eigenvalue weighted by Gasteiger charge is -2.25. The lowest BCUT2D eigenvalue weighted by Crippen LogP contribution is -2.34. The number of carbonyl (C=O) groups is 1. The molecule has 3 rings (SSSR count). The number of rotatable bonds is 11. The van der Waals surface area contributed by atoms with Crippen molar-refractivity contribution >= 4 is 17.0 Å². The van der Waals surface area contributed by atoms with E-state index in [2.05, 4.69) is 14.8 Å². The predicted octanol–water partition coefficient (Wildman–Crippen LogP) is 5.26.